The van der Waals surface area contributed by atoms with Crippen molar-refractivity contribution >= 4 is 0 Å². The van der Waals surface area contributed by atoms with Crippen molar-refractivity contribution in [3.8, 4) is 0 Å². The van der Waals surface area contributed by atoms with Crippen LogP contribution in [0.25, 0.3) is 0 Å². The first kappa shape index (κ1) is 15.1. The van der Waals surface area contributed by atoms with E-state index in [9.17, 15) is 0 Å². The van der Waals surface area contributed by atoms with Gasteiger partial charge in [-0.1, -0.05) is 26.0 Å². The summed E-state index contributed by atoms with van der Waals surface area (Å²) >= 11 is 0. The van der Waals surface area contributed by atoms with Gasteiger partial charge in [-0.3, -0.25) is 4.68 Å². The van der Waals surface area contributed by atoms with Gasteiger partial charge in [0.2, 0.25) is 0 Å². The number of hydrogen-bond acceptors (Lipinski definition) is 4. The molecule has 1 aromatic heterocycles. The van der Waals surface area contributed by atoms with Crippen molar-refractivity contribution in [3.63, 3.8) is 0 Å². The van der Waals surface area contributed by atoms with Gasteiger partial charge in [0, 0.05) is 33.4 Å². The largest absolute Gasteiger partial charge is 0.383 e. The summed E-state index contributed by atoms with van der Waals surface area (Å²) in [5.41, 5.74) is 1.24. The predicted octanol–water partition coefficient (Wildman–Crippen LogP) is 1.26. The van der Waals surface area contributed by atoms with Crippen LogP contribution in [0, 0.1) is 11.3 Å². The fourth-order valence-corrected chi connectivity index (χ4v) is 1.91. The molecule has 0 aromatic carbocycles. The summed E-state index contributed by atoms with van der Waals surface area (Å²) in [7, 11) is 3.63. The second kappa shape index (κ2) is 6.85. The Hall–Kier alpha value is -0.940. The van der Waals surface area contributed by atoms with Crippen molar-refractivity contribution in [3.05, 3.63) is 11.9 Å². The van der Waals surface area contributed by atoms with E-state index in [0.717, 1.165) is 31.8 Å². The molecule has 0 aliphatic carbocycles. The summed E-state index contributed by atoms with van der Waals surface area (Å²) in [4.78, 5) is 0. The molecule has 1 unspecified atom stereocenters. The van der Waals surface area contributed by atoms with E-state index in [0.29, 0.717) is 5.92 Å². The van der Waals surface area contributed by atoms with Crippen LogP contribution in [-0.2, 0) is 18.2 Å². The normalized spacial score (nSPS) is 15.0. The summed E-state index contributed by atoms with van der Waals surface area (Å²) in [6.45, 7) is 9.41. The minimum atomic E-state index is 0.184. The van der Waals surface area contributed by atoms with Crippen molar-refractivity contribution in [2.45, 2.75) is 27.2 Å². The molecule has 5 heteroatoms. The standard InChI is InChI=1S/C13H26N4O/c1-11(2)13(3,10-14-6-7-18-5)8-12-9-17(4)16-15-12/h9,11,14H,6-8,10H2,1-5H3. The van der Waals surface area contributed by atoms with Gasteiger partial charge < -0.3 is 10.1 Å². The molecule has 0 aliphatic heterocycles. The highest BCUT2D eigenvalue weighted by Crippen LogP contribution is 2.29. The van der Waals surface area contributed by atoms with Crippen LogP contribution in [0.15, 0.2) is 6.20 Å². The Labute approximate surface area is 110 Å². The number of aromatic nitrogens is 3. The van der Waals surface area contributed by atoms with Gasteiger partial charge in [0.25, 0.3) is 0 Å². The van der Waals surface area contributed by atoms with E-state index in [-0.39, 0.29) is 5.41 Å². The molecule has 0 amide bonds. The molecule has 0 aliphatic rings. The number of ether oxygens (including phenoxy) is 1. The fraction of sp³-hybridized carbons (Fsp3) is 0.846. The van der Waals surface area contributed by atoms with Gasteiger partial charge >= 0.3 is 0 Å². The summed E-state index contributed by atoms with van der Waals surface area (Å²) in [6.07, 6.45) is 2.94. The third-order valence-electron chi connectivity index (χ3n) is 3.64. The molecular formula is C13H26N4O. The molecule has 1 rings (SSSR count). The van der Waals surface area contributed by atoms with Crippen LogP contribution >= 0.6 is 0 Å². The topological polar surface area (TPSA) is 52.0 Å². The van der Waals surface area contributed by atoms with E-state index in [1.807, 2.05) is 13.2 Å². The first-order valence-corrected chi connectivity index (χ1v) is 6.53. The van der Waals surface area contributed by atoms with Gasteiger partial charge in [-0.05, 0) is 17.8 Å². The second-order valence-corrected chi connectivity index (χ2v) is 5.54. The van der Waals surface area contributed by atoms with Gasteiger partial charge in [-0.2, -0.15) is 0 Å². The van der Waals surface area contributed by atoms with Crippen LogP contribution in [0.2, 0.25) is 0 Å². The maximum atomic E-state index is 5.05. The van der Waals surface area contributed by atoms with E-state index in [4.69, 9.17) is 4.74 Å². The van der Waals surface area contributed by atoms with Gasteiger partial charge in [0.1, 0.15) is 0 Å². The Bertz CT molecular complexity index is 351. The molecule has 0 spiro atoms. The Balaban J connectivity index is 2.56. The predicted molar refractivity (Wildman–Crippen MR) is 72.4 cm³/mol. The molecule has 0 saturated carbocycles. The second-order valence-electron chi connectivity index (χ2n) is 5.54. The molecule has 0 saturated heterocycles. The Morgan fingerprint density at radius 2 is 2.22 bits per heavy atom. The average molecular weight is 254 g/mol. The SMILES string of the molecule is COCCNCC(C)(Cc1cn(C)nn1)C(C)C. The van der Waals surface area contributed by atoms with E-state index in [1.54, 1.807) is 11.8 Å². The summed E-state index contributed by atoms with van der Waals surface area (Å²) < 4.78 is 6.81. The molecule has 1 atom stereocenters. The fourth-order valence-electron chi connectivity index (χ4n) is 1.91. The van der Waals surface area contributed by atoms with E-state index >= 15 is 0 Å². The number of rotatable bonds is 8. The first-order valence-electron chi connectivity index (χ1n) is 6.53. The maximum absolute atomic E-state index is 5.05. The van der Waals surface area contributed by atoms with E-state index in [2.05, 4.69) is 36.4 Å². The van der Waals surface area contributed by atoms with Crippen molar-refractivity contribution < 1.29 is 4.74 Å². The monoisotopic (exact) mass is 254 g/mol. The number of nitrogens with one attached hydrogen (secondary N) is 1. The van der Waals surface area contributed by atoms with Crippen molar-refractivity contribution in [2.75, 3.05) is 26.8 Å². The van der Waals surface area contributed by atoms with Gasteiger partial charge in [0.15, 0.2) is 0 Å². The lowest BCUT2D eigenvalue weighted by molar-refractivity contribution is 0.174. The lowest BCUT2D eigenvalue weighted by atomic mass is 9.75. The Morgan fingerprint density at radius 1 is 1.50 bits per heavy atom. The summed E-state index contributed by atoms with van der Waals surface area (Å²) in [5, 5.41) is 11.6. The highest BCUT2D eigenvalue weighted by Gasteiger charge is 2.29. The zero-order chi connectivity index (χ0) is 13.6. The number of methoxy groups -OCH3 is 1. The molecule has 104 valence electrons. The lowest BCUT2D eigenvalue weighted by Gasteiger charge is -2.33. The molecule has 0 radical (unpaired) electrons. The van der Waals surface area contributed by atoms with Gasteiger partial charge in [-0.15, -0.1) is 5.10 Å². The van der Waals surface area contributed by atoms with Crippen LogP contribution in [-0.4, -0.2) is 41.8 Å². The van der Waals surface area contributed by atoms with Crippen molar-refractivity contribution in [1.82, 2.24) is 20.3 Å². The molecule has 1 aromatic rings. The molecular weight excluding hydrogens is 228 g/mol. The number of nitrogens with zero attached hydrogens (tertiary/aromatic N) is 3. The maximum Gasteiger partial charge on any atom is 0.0833 e. The Kier molecular flexibility index (Phi) is 5.75. The van der Waals surface area contributed by atoms with Gasteiger partial charge in [-0.25, -0.2) is 0 Å². The minimum absolute atomic E-state index is 0.184. The molecule has 1 N–H and O–H groups in total. The van der Waals surface area contributed by atoms with E-state index < -0.39 is 0 Å². The molecule has 1 heterocycles. The summed E-state index contributed by atoms with van der Waals surface area (Å²) in [5.74, 6) is 0.578. The molecule has 18 heavy (non-hydrogen) atoms. The van der Waals surface area contributed by atoms with Crippen LogP contribution in [0.3, 0.4) is 0 Å². The van der Waals surface area contributed by atoms with Crippen molar-refractivity contribution in [1.29, 1.82) is 0 Å². The van der Waals surface area contributed by atoms with Crippen LogP contribution in [0.4, 0.5) is 0 Å². The third kappa shape index (κ3) is 4.38. The van der Waals surface area contributed by atoms with Crippen LogP contribution < -0.4 is 5.32 Å². The summed E-state index contributed by atoms with van der Waals surface area (Å²) in [6, 6.07) is 0. The van der Waals surface area contributed by atoms with Crippen molar-refractivity contribution in [2.24, 2.45) is 18.4 Å². The molecule has 5 nitrogen and oxygen atoms in total. The first-order chi connectivity index (χ1) is 8.48. The van der Waals surface area contributed by atoms with Gasteiger partial charge in [0.05, 0.1) is 12.3 Å². The smallest absolute Gasteiger partial charge is 0.0833 e. The van der Waals surface area contributed by atoms with Crippen LogP contribution in [0.1, 0.15) is 26.5 Å². The third-order valence-corrected chi connectivity index (χ3v) is 3.64. The average Bonchev–Trinajstić information content (AvgIpc) is 2.70. The number of hydrogen-bond donors (Lipinski definition) is 1. The quantitative estimate of drug-likeness (QED) is 0.710. The molecule has 0 bridgehead atoms. The zero-order valence-corrected chi connectivity index (χ0v) is 12.2. The molecule has 0 fully saturated rings. The van der Waals surface area contributed by atoms with Crippen LogP contribution in [0.5, 0.6) is 0 Å². The lowest BCUT2D eigenvalue weighted by Crippen LogP contribution is -2.39. The number of aryl methyl sites for hydroxylation is 1. The Morgan fingerprint density at radius 3 is 2.72 bits per heavy atom. The minimum Gasteiger partial charge on any atom is -0.383 e. The highest BCUT2D eigenvalue weighted by atomic mass is 16.5. The highest BCUT2D eigenvalue weighted by molar-refractivity contribution is 4.99. The van der Waals surface area contributed by atoms with E-state index in [1.165, 1.54) is 0 Å². The zero-order valence-electron chi connectivity index (χ0n) is 12.2.